The predicted octanol–water partition coefficient (Wildman–Crippen LogP) is -0.451. The molecule has 39 heavy (non-hydrogen) atoms. The van der Waals surface area contributed by atoms with E-state index in [1.54, 1.807) is 0 Å². The van der Waals surface area contributed by atoms with Crippen LogP contribution in [0.2, 0.25) is 0 Å². The van der Waals surface area contributed by atoms with Crippen LogP contribution in [0.25, 0.3) is 11.2 Å². The number of anilines is 1. The van der Waals surface area contributed by atoms with Gasteiger partial charge in [0.1, 0.15) is 6.33 Å². The van der Waals surface area contributed by atoms with Gasteiger partial charge < -0.3 is 29.2 Å². The molecule has 5 rings (SSSR count). The fourth-order valence-electron chi connectivity index (χ4n) is 4.52. The zero-order valence-corrected chi connectivity index (χ0v) is 26.4. The van der Waals surface area contributed by atoms with Crippen LogP contribution in [0.15, 0.2) is 33.0 Å². The van der Waals surface area contributed by atoms with E-state index in [9.17, 15) is 17.8 Å². The Kier molecular flexibility index (Phi) is 9.69. The Bertz CT molecular complexity index is 1480. The number of nitrogens with two attached hydrogens (primary N) is 1. The molecule has 1 fully saturated rings. The number of fused-ring (bicyclic) bond motifs is 2. The van der Waals surface area contributed by atoms with Crippen molar-refractivity contribution in [2.75, 3.05) is 25.6 Å². The van der Waals surface area contributed by atoms with E-state index in [1.165, 1.54) is 29.9 Å². The summed E-state index contributed by atoms with van der Waals surface area (Å²) >= 11 is 5.04. The largest absolute Gasteiger partial charge is 1.00 e. The Morgan fingerprint density at radius 1 is 1.28 bits per heavy atom. The number of likely N-dealkylation sites (tertiary alicyclic amines) is 1. The van der Waals surface area contributed by atoms with Crippen molar-refractivity contribution in [3.63, 3.8) is 0 Å². The van der Waals surface area contributed by atoms with Crippen molar-refractivity contribution >= 4 is 61.0 Å². The molecule has 204 valence electrons. The van der Waals surface area contributed by atoms with Crippen LogP contribution >= 0.6 is 27.7 Å². The van der Waals surface area contributed by atoms with Gasteiger partial charge in [0, 0.05) is 29.0 Å². The zero-order valence-electron chi connectivity index (χ0n) is 21.2. The van der Waals surface area contributed by atoms with Crippen LogP contribution in [-0.2, 0) is 25.9 Å². The molecule has 0 aliphatic carbocycles. The molecule has 2 aromatic heterocycles. The number of piperidine rings is 1. The van der Waals surface area contributed by atoms with E-state index in [0.717, 1.165) is 28.6 Å². The third-order valence-electron chi connectivity index (χ3n) is 6.45. The van der Waals surface area contributed by atoms with Gasteiger partial charge in [0.2, 0.25) is 17.2 Å². The van der Waals surface area contributed by atoms with Gasteiger partial charge in [-0.05, 0) is 60.2 Å². The number of imidazole rings is 1. The average molecular weight is 651 g/mol. The Hall–Kier alpha value is -1.66. The summed E-state index contributed by atoms with van der Waals surface area (Å²) in [7, 11) is -4.95. The Labute approximate surface area is 259 Å². The summed E-state index contributed by atoms with van der Waals surface area (Å²) < 4.78 is 50.6. The quantitative estimate of drug-likeness (QED) is 0.189. The van der Waals surface area contributed by atoms with Gasteiger partial charge >= 0.3 is 29.6 Å². The van der Waals surface area contributed by atoms with Crippen molar-refractivity contribution in [2.24, 2.45) is 5.92 Å². The minimum atomic E-state index is -4.95. The molecule has 1 amide bonds. The Morgan fingerprint density at radius 3 is 2.67 bits per heavy atom. The molecule has 0 bridgehead atoms. The van der Waals surface area contributed by atoms with E-state index >= 15 is 0 Å². The first-order valence-corrected chi connectivity index (χ1v) is 14.7. The van der Waals surface area contributed by atoms with Crippen LogP contribution in [0.1, 0.15) is 26.2 Å². The molecule has 1 aromatic carbocycles. The van der Waals surface area contributed by atoms with Crippen LogP contribution < -0.4 is 44.8 Å². The number of amides is 1. The molecule has 4 heterocycles. The third-order valence-corrected chi connectivity index (χ3v) is 8.95. The van der Waals surface area contributed by atoms with Gasteiger partial charge in [-0.15, -0.1) is 0 Å². The number of nitrogen functional groups attached to an aromatic ring is 1. The van der Waals surface area contributed by atoms with Crippen molar-refractivity contribution < 1.29 is 61.0 Å². The summed E-state index contributed by atoms with van der Waals surface area (Å²) in [6.45, 7) is 2.95. The van der Waals surface area contributed by atoms with E-state index < -0.39 is 22.4 Å². The fourth-order valence-corrected chi connectivity index (χ4v) is 6.46. The predicted molar refractivity (Wildman–Crippen MR) is 138 cm³/mol. The second-order valence-corrected chi connectivity index (χ2v) is 11.8. The van der Waals surface area contributed by atoms with Crippen LogP contribution in [0.3, 0.4) is 0 Å². The van der Waals surface area contributed by atoms with Gasteiger partial charge in [-0.1, -0.05) is 11.8 Å². The molecular formula is C22H24BrN6NaO7S2. The molecular weight excluding hydrogens is 627 g/mol. The smallest absolute Gasteiger partial charge is 0.726 e. The summed E-state index contributed by atoms with van der Waals surface area (Å²) in [4.78, 5) is 28.1. The summed E-state index contributed by atoms with van der Waals surface area (Å²) in [6, 6.07) is 3.75. The minimum Gasteiger partial charge on any atom is -0.726 e. The van der Waals surface area contributed by atoms with Crippen molar-refractivity contribution in [3.05, 3.63) is 22.9 Å². The molecule has 0 radical (unpaired) electrons. The maximum atomic E-state index is 12.5. The number of hydrogen-bond donors (Lipinski definition) is 1. The molecule has 13 nitrogen and oxygen atoms in total. The summed E-state index contributed by atoms with van der Waals surface area (Å²) in [5.74, 6) is 1.43. The van der Waals surface area contributed by atoms with Crippen LogP contribution in [0, 0.1) is 5.92 Å². The molecule has 1 atom stereocenters. The zero-order chi connectivity index (χ0) is 27.0. The molecule has 1 saturated heterocycles. The summed E-state index contributed by atoms with van der Waals surface area (Å²) in [5, 5.41) is 0.698. The molecule has 0 saturated carbocycles. The first-order valence-electron chi connectivity index (χ1n) is 11.8. The second kappa shape index (κ2) is 12.5. The topological polar surface area (TPSA) is 175 Å². The number of halogens is 1. The first-order chi connectivity index (χ1) is 18.1. The van der Waals surface area contributed by atoms with E-state index in [2.05, 4.69) is 30.1 Å². The standard InChI is InChI=1S/C22H25BrN6O7S2.Na/c1-12(36-38(31,32)33)21(30)28-5-2-13(3-6-28)4-7-29-20-18(19(24)25-10-26-20)27-22(29)37-17-9-16-15(8-14(17)23)34-11-35-16;/h8-10,12-13H,2-7,11H2,1H3,(H2,24,25,26)(H,31,32,33);/q;+1/p-1/t12-;/m0./s1. The van der Waals surface area contributed by atoms with Gasteiger partial charge in [-0.3, -0.25) is 8.98 Å². The number of aryl methyl sites for hydroxylation is 1. The van der Waals surface area contributed by atoms with Gasteiger partial charge in [0.25, 0.3) is 5.91 Å². The third kappa shape index (κ3) is 6.98. The van der Waals surface area contributed by atoms with E-state index in [1.807, 2.05) is 16.7 Å². The van der Waals surface area contributed by atoms with Crippen molar-refractivity contribution in [2.45, 2.75) is 48.9 Å². The number of nitrogens with zero attached hydrogens (tertiary/aromatic N) is 5. The van der Waals surface area contributed by atoms with Crippen LogP contribution in [-0.4, -0.2) is 69.3 Å². The maximum absolute atomic E-state index is 12.5. The van der Waals surface area contributed by atoms with Gasteiger partial charge in [-0.25, -0.2) is 23.4 Å². The van der Waals surface area contributed by atoms with Gasteiger partial charge in [0.15, 0.2) is 39.7 Å². The van der Waals surface area contributed by atoms with Crippen molar-refractivity contribution in [3.8, 4) is 11.5 Å². The van der Waals surface area contributed by atoms with Crippen molar-refractivity contribution in [1.82, 2.24) is 24.4 Å². The molecule has 17 heteroatoms. The second-order valence-electron chi connectivity index (χ2n) is 8.92. The first kappa shape index (κ1) is 30.3. The number of rotatable bonds is 8. The van der Waals surface area contributed by atoms with E-state index in [-0.39, 0.29) is 36.4 Å². The summed E-state index contributed by atoms with van der Waals surface area (Å²) in [6.07, 6.45) is 2.32. The van der Waals surface area contributed by atoms with E-state index in [4.69, 9.17) is 20.2 Å². The average Bonchev–Trinajstić information content (AvgIpc) is 3.46. The Morgan fingerprint density at radius 2 is 1.97 bits per heavy atom. The van der Waals surface area contributed by atoms with Crippen molar-refractivity contribution in [1.29, 1.82) is 0 Å². The molecule has 3 aromatic rings. The molecule has 2 aliphatic rings. The number of aromatic nitrogens is 4. The Balaban J connectivity index is 0.00000353. The van der Waals surface area contributed by atoms with Crippen LogP contribution in [0.4, 0.5) is 5.82 Å². The molecule has 2 aliphatic heterocycles. The minimum absolute atomic E-state index is 0. The fraction of sp³-hybridized carbons (Fsp3) is 0.455. The van der Waals surface area contributed by atoms with E-state index in [0.29, 0.717) is 59.2 Å². The molecule has 2 N–H and O–H groups in total. The maximum Gasteiger partial charge on any atom is 1.00 e. The number of hydrogen-bond acceptors (Lipinski definition) is 12. The number of carbonyl (C=O) groups is 1. The number of ether oxygens (including phenoxy) is 2. The number of benzene rings is 1. The van der Waals surface area contributed by atoms with Crippen LogP contribution in [0.5, 0.6) is 11.5 Å². The van der Waals surface area contributed by atoms with Gasteiger partial charge in [0.05, 0.1) is 0 Å². The molecule has 0 spiro atoms. The van der Waals surface area contributed by atoms with Gasteiger partial charge in [-0.2, -0.15) is 0 Å². The molecule has 0 unspecified atom stereocenters. The summed E-state index contributed by atoms with van der Waals surface area (Å²) in [5.41, 5.74) is 7.25. The monoisotopic (exact) mass is 650 g/mol. The SMILES string of the molecule is C[C@H](OS(=O)(=O)[O-])C(=O)N1CCC(CCn2c(Sc3cc4c(cc3Br)OCO4)nc3c(N)ncnc32)CC1.[Na+]. The number of carbonyl (C=O) groups excluding carboxylic acids is 1. The normalized spacial score (nSPS) is 16.3.